The number of halogens is 4. The summed E-state index contributed by atoms with van der Waals surface area (Å²) in [7, 11) is 0. The molecule has 0 amide bonds. The van der Waals surface area contributed by atoms with E-state index in [1.165, 1.54) is 11.3 Å². The van der Waals surface area contributed by atoms with Crippen molar-refractivity contribution in [3.8, 4) is 0 Å². The normalized spacial score (nSPS) is 10.6. The molecule has 0 aliphatic carbocycles. The van der Waals surface area contributed by atoms with E-state index < -0.39 is 0 Å². The molecule has 2 aromatic heterocycles. The number of thiophene rings is 1. The molecule has 3 nitrogen and oxygen atoms in total. The van der Waals surface area contributed by atoms with Crippen molar-refractivity contribution in [2.45, 2.75) is 13.0 Å². The van der Waals surface area contributed by atoms with Gasteiger partial charge in [-0.15, -0.1) is 11.3 Å². The first-order chi connectivity index (χ1) is 9.45. The predicted octanol–water partition coefficient (Wildman–Crippen LogP) is 5.26. The number of esters is 1. The number of hydrogen-bond donors (Lipinski definition) is 0. The molecular weight excluding hydrogens is 453 g/mol. The first-order valence-electron chi connectivity index (χ1n) is 5.36. The Balaban J connectivity index is 1.92. The SMILES string of the molecule is O=C(Cc1cc(Cl)sc1Cl)OCc1ccc(Br)c(Br)n1. The number of aromatic nitrogens is 1. The van der Waals surface area contributed by atoms with Gasteiger partial charge in [0.25, 0.3) is 0 Å². The molecule has 0 unspecified atom stereocenters. The van der Waals surface area contributed by atoms with E-state index in [0.29, 0.717) is 24.5 Å². The summed E-state index contributed by atoms with van der Waals surface area (Å²) in [6.07, 6.45) is 0.0970. The summed E-state index contributed by atoms with van der Waals surface area (Å²) in [6.45, 7) is 0.111. The number of nitrogens with zero attached hydrogens (tertiary/aromatic N) is 1. The van der Waals surface area contributed by atoms with Crippen LogP contribution in [0.3, 0.4) is 0 Å². The molecule has 106 valence electrons. The number of rotatable bonds is 4. The van der Waals surface area contributed by atoms with E-state index in [9.17, 15) is 4.79 Å². The lowest BCUT2D eigenvalue weighted by Gasteiger charge is -2.05. The van der Waals surface area contributed by atoms with Crippen molar-refractivity contribution < 1.29 is 9.53 Å². The Morgan fingerprint density at radius 2 is 2.10 bits per heavy atom. The van der Waals surface area contributed by atoms with Gasteiger partial charge < -0.3 is 4.74 Å². The van der Waals surface area contributed by atoms with Gasteiger partial charge >= 0.3 is 5.97 Å². The van der Waals surface area contributed by atoms with Gasteiger partial charge in [-0.3, -0.25) is 4.79 Å². The molecule has 0 aliphatic heterocycles. The lowest BCUT2D eigenvalue weighted by molar-refractivity contribution is -0.144. The highest BCUT2D eigenvalue weighted by molar-refractivity contribution is 9.13. The molecule has 0 spiro atoms. The van der Waals surface area contributed by atoms with Crippen molar-refractivity contribution in [1.82, 2.24) is 4.98 Å². The minimum Gasteiger partial charge on any atom is -0.459 e. The lowest BCUT2D eigenvalue weighted by atomic mass is 10.2. The van der Waals surface area contributed by atoms with Gasteiger partial charge in [0.1, 0.15) is 11.2 Å². The monoisotopic (exact) mass is 457 g/mol. The van der Waals surface area contributed by atoms with Gasteiger partial charge in [-0.25, -0.2) is 4.98 Å². The number of ether oxygens (including phenoxy) is 1. The largest absolute Gasteiger partial charge is 0.459 e. The smallest absolute Gasteiger partial charge is 0.310 e. The van der Waals surface area contributed by atoms with E-state index in [-0.39, 0.29) is 19.0 Å². The standard InChI is InChI=1S/C12H7Br2Cl2NO2S/c13-8-2-1-7(17-11(8)14)5-19-10(18)4-6-3-9(15)20-12(6)16/h1-3H,4-5H2. The Morgan fingerprint density at radius 3 is 2.70 bits per heavy atom. The minimum absolute atomic E-state index is 0.0970. The highest BCUT2D eigenvalue weighted by atomic mass is 79.9. The summed E-state index contributed by atoms with van der Waals surface area (Å²) in [6, 6.07) is 5.27. The predicted molar refractivity (Wildman–Crippen MR) is 87.5 cm³/mol. The highest BCUT2D eigenvalue weighted by Gasteiger charge is 2.12. The number of carbonyl (C=O) groups excluding carboxylic acids is 1. The molecule has 0 atom stereocenters. The van der Waals surface area contributed by atoms with Crippen LogP contribution in [0, 0.1) is 0 Å². The first-order valence-corrected chi connectivity index (χ1v) is 8.52. The fraction of sp³-hybridized carbons (Fsp3) is 0.167. The third kappa shape index (κ3) is 4.43. The van der Waals surface area contributed by atoms with Crippen LogP contribution in [0.1, 0.15) is 11.3 Å². The molecule has 0 aromatic carbocycles. The van der Waals surface area contributed by atoms with E-state index in [1.54, 1.807) is 12.1 Å². The summed E-state index contributed by atoms with van der Waals surface area (Å²) < 4.78 is 7.72. The molecule has 2 heterocycles. The maximum Gasteiger partial charge on any atom is 0.310 e. The summed E-state index contributed by atoms with van der Waals surface area (Å²) in [5.74, 6) is -0.373. The summed E-state index contributed by atoms with van der Waals surface area (Å²) in [5.41, 5.74) is 1.33. The van der Waals surface area contributed by atoms with Crippen LogP contribution >= 0.6 is 66.4 Å². The Bertz CT molecular complexity index is 648. The fourth-order valence-corrected chi connectivity index (χ4v) is 3.46. The second kappa shape index (κ2) is 7.22. The lowest BCUT2D eigenvalue weighted by Crippen LogP contribution is -2.08. The molecule has 8 heteroatoms. The summed E-state index contributed by atoms with van der Waals surface area (Å²) in [5, 5.41) is 0. The Morgan fingerprint density at radius 1 is 1.35 bits per heavy atom. The van der Waals surface area contributed by atoms with Gasteiger partial charge in [0, 0.05) is 0 Å². The van der Waals surface area contributed by atoms with E-state index >= 15 is 0 Å². The highest BCUT2D eigenvalue weighted by Crippen LogP contribution is 2.31. The van der Waals surface area contributed by atoms with Gasteiger partial charge in [0.15, 0.2) is 0 Å². The number of carbonyl (C=O) groups is 1. The van der Waals surface area contributed by atoms with Gasteiger partial charge in [0.05, 0.1) is 25.3 Å². The van der Waals surface area contributed by atoms with Crippen LogP contribution in [0.5, 0.6) is 0 Å². The topological polar surface area (TPSA) is 39.2 Å². The molecule has 0 fully saturated rings. The molecule has 20 heavy (non-hydrogen) atoms. The zero-order valence-corrected chi connectivity index (χ0v) is 15.3. The summed E-state index contributed by atoms with van der Waals surface area (Å²) >= 11 is 19.6. The zero-order chi connectivity index (χ0) is 14.7. The molecule has 0 saturated carbocycles. The molecule has 0 bridgehead atoms. The number of hydrogen-bond acceptors (Lipinski definition) is 4. The maximum atomic E-state index is 11.7. The molecule has 0 aliphatic rings. The van der Waals surface area contributed by atoms with Crippen molar-refractivity contribution in [1.29, 1.82) is 0 Å². The zero-order valence-electron chi connectivity index (χ0n) is 9.83. The van der Waals surface area contributed by atoms with Gasteiger partial charge in [0.2, 0.25) is 0 Å². The Labute approximate surface area is 146 Å². The second-order valence-electron chi connectivity index (χ2n) is 3.76. The van der Waals surface area contributed by atoms with Gasteiger partial charge in [-0.1, -0.05) is 23.2 Å². The molecule has 0 radical (unpaired) electrons. The van der Waals surface area contributed by atoms with Crippen LogP contribution in [0.25, 0.3) is 0 Å². The van der Waals surface area contributed by atoms with Gasteiger partial charge in [-0.2, -0.15) is 0 Å². The second-order valence-corrected chi connectivity index (χ2v) is 7.65. The van der Waals surface area contributed by atoms with Crippen LogP contribution in [-0.2, 0) is 22.6 Å². The van der Waals surface area contributed by atoms with Crippen LogP contribution in [-0.4, -0.2) is 11.0 Å². The number of pyridine rings is 1. The van der Waals surface area contributed by atoms with Crippen LogP contribution in [0.2, 0.25) is 8.67 Å². The third-order valence-corrected chi connectivity index (χ3v) is 5.65. The fourth-order valence-electron chi connectivity index (χ4n) is 1.39. The van der Waals surface area contributed by atoms with Crippen molar-refractivity contribution in [2.75, 3.05) is 0 Å². The van der Waals surface area contributed by atoms with E-state index in [4.69, 9.17) is 27.9 Å². The van der Waals surface area contributed by atoms with E-state index in [0.717, 1.165) is 4.47 Å². The van der Waals surface area contributed by atoms with E-state index in [1.807, 2.05) is 6.07 Å². The Kier molecular flexibility index (Phi) is 5.86. The Hall–Kier alpha value is -0.140. The van der Waals surface area contributed by atoms with Crippen molar-refractivity contribution in [3.63, 3.8) is 0 Å². The quantitative estimate of drug-likeness (QED) is 0.462. The van der Waals surface area contributed by atoms with Crippen LogP contribution in [0.4, 0.5) is 0 Å². The van der Waals surface area contributed by atoms with Crippen molar-refractivity contribution in [3.05, 3.63) is 47.2 Å². The maximum absolute atomic E-state index is 11.7. The molecular formula is C12H7Br2Cl2NO2S. The average molecular weight is 460 g/mol. The minimum atomic E-state index is -0.373. The summed E-state index contributed by atoms with van der Waals surface area (Å²) in [4.78, 5) is 16.0. The van der Waals surface area contributed by atoms with Crippen LogP contribution in [0.15, 0.2) is 27.3 Å². The average Bonchev–Trinajstić information content (AvgIpc) is 2.69. The first kappa shape index (κ1) is 16.2. The van der Waals surface area contributed by atoms with Crippen molar-refractivity contribution >= 4 is 72.4 Å². The molecule has 2 aromatic rings. The van der Waals surface area contributed by atoms with E-state index in [2.05, 4.69) is 36.8 Å². The van der Waals surface area contributed by atoms with Crippen molar-refractivity contribution in [2.24, 2.45) is 0 Å². The van der Waals surface area contributed by atoms with Gasteiger partial charge in [-0.05, 0) is 55.6 Å². The molecule has 2 rings (SSSR count). The molecule has 0 N–H and O–H groups in total. The van der Waals surface area contributed by atoms with Crippen LogP contribution < -0.4 is 0 Å². The molecule has 0 saturated heterocycles. The third-order valence-electron chi connectivity index (χ3n) is 2.30.